The fraction of sp³-hybridized carbons (Fsp3) is 0.167. The van der Waals surface area contributed by atoms with Crippen LogP contribution < -0.4 is 4.74 Å². The van der Waals surface area contributed by atoms with Gasteiger partial charge in [0.2, 0.25) is 18.0 Å². The van der Waals surface area contributed by atoms with Crippen molar-refractivity contribution in [2.45, 2.75) is 20.1 Å². The van der Waals surface area contributed by atoms with Gasteiger partial charge in [0.1, 0.15) is 5.75 Å². The van der Waals surface area contributed by atoms with Crippen LogP contribution in [0.3, 0.4) is 0 Å². The molecule has 0 saturated heterocycles. The van der Waals surface area contributed by atoms with Crippen LogP contribution in [0.2, 0.25) is 0 Å². The molecule has 0 aliphatic carbocycles. The van der Waals surface area contributed by atoms with E-state index in [1.165, 1.54) is 32.0 Å². The third kappa shape index (κ3) is 4.01. The van der Waals surface area contributed by atoms with E-state index in [2.05, 4.69) is 21.0 Å². The number of hydrogen-bond acceptors (Lipinski definition) is 7. The molecule has 2 aromatic rings. The Morgan fingerprint density at radius 3 is 2.61 bits per heavy atom. The summed E-state index contributed by atoms with van der Waals surface area (Å²) in [6, 6.07) is 10.8. The molecule has 0 unspecified atom stereocenters. The van der Waals surface area contributed by atoms with Crippen LogP contribution in [0.15, 0.2) is 52.0 Å². The van der Waals surface area contributed by atoms with E-state index in [0.29, 0.717) is 5.56 Å². The summed E-state index contributed by atoms with van der Waals surface area (Å²) in [6.45, 7) is 2.49. The quantitative estimate of drug-likeness (QED) is 0.306. The highest BCUT2D eigenvalue weighted by atomic mass is 79.9. The molecule has 0 bridgehead atoms. The number of nitrogens with zero attached hydrogens (tertiary/aromatic N) is 3. The molecule has 0 aromatic heterocycles. The lowest BCUT2D eigenvalue weighted by Gasteiger charge is -2.21. The third-order valence-electron chi connectivity index (χ3n) is 3.76. The molecule has 2 aromatic carbocycles. The average Bonchev–Trinajstić information content (AvgIpc) is 3.07. The van der Waals surface area contributed by atoms with Crippen molar-refractivity contribution in [2.75, 3.05) is 0 Å². The molecule has 1 aliphatic rings. The van der Waals surface area contributed by atoms with E-state index in [1.54, 1.807) is 18.2 Å². The first-order valence-corrected chi connectivity index (χ1v) is 8.83. The van der Waals surface area contributed by atoms with Crippen LogP contribution >= 0.6 is 15.9 Å². The van der Waals surface area contributed by atoms with Crippen LogP contribution in [-0.4, -0.2) is 27.7 Å². The van der Waals surface area contributed by atoms with Crippen LogP contribution in [0, 0.1) is 10.1 Å². The molecule has 1 amide bonds. The number of hydrogen-bond donors (Lipinski definition) is 0. The Bertz CT molecular complexity index is 1010. The van der Waals surface area contributed by atoms with Crippen molar-refractivity contribution < 1.29 is 24.0 Å². The zero-order chi connectivity index (χ0) is 20.4. The number of non-ortho nitro benzene ring substituents is 1. The van der Waals surface area contributed by atoms with Crippen molar-refractivity contribution in [3.05, 3.63) is 68.2 Å². The maximum absolute atomic E-state index is 12.1. The molecule has 144 valence electrons. The lowest BCUT2D eigenvalue weighted by Crippen LogP contribution is -2.26. The van der Waals surface area contributed by atoms with Gasteiger partial charge in [-0.05, 0) is 24.3 Å². The zero-order valence-corrected chi connectivity index (χ0v) is 16.4. The molecule has 0 spiro atoms. The van der Waals surface area contributed by atoms with Gasteiger partial charge in [0.15, 0.2) is 0 Å². The van der Waals surface area contributed by atoms with Crippen molar-refractivity contribution in [3.8, 4) is 5.75 Å². The zero-order valence-electron chi connectivity index (χ0n) is 14.8. The molecule has 1 atom stereocenters. The number of halogens is 1. The Balaban J connectivity index is 2.06. The minimum absolute atomic E-state index is 0.0417. The Morgan fingerprint density at radius 1 is 1.25 bits per heavy atom. The number of nitro groups is 1. The van der Waals surface area contributed by atoms with E-state index in [0.717, 1.165) is 9.48 Å². The first-order chi connectivity index (χ1) is 13.3. The van der Waals surface area contributed by atoms with Crippen LogP contribution in [0.25, 0.3) is 0 Å². The minimum atomic E-state index is -1.12. The van der Waals surface area contributed by atoms with Crippen LogP contribution in [0.4, 0.5) is 5.69 Å². The Hall–Kier alpha value is -3.27. The summed E-state index contributed by atoms with van der Waals surface area (Å²) in [4.78, 5) is 34.1. The topological polar surface area (TPSA) is 111 Å². The number of rotatable bonds is 4. The SMILES string of the molecule is CC(=O)Oc1ccc([N+](=O)[O-])cc1[C@H]1OC(c2cccc(Br)c2)=NN1C(C)=O. The van der Waals surface area contributed by atoms with E-state index in [9.17, 15) is 19.7 Å². The summed E-state index contributed by atoms with van der Waals surface area (Å²) in [7, 11) is 0. The molecule has 10 heteroatoms. The van der Waals surface area contributed by atoms with Gasteiger partial charge in [0.25, 0.3) is 5.69 Å². The predicted molar refractivity (Wildman–Crippen MR) is 101 cm³/mol. The van der Waals surface area contributed by atoms with E-state index >= 15 is 0 Å². The van der Waals surface area contributed by atoms with Gasteiger partial charge in [-0.25, -0.2) is 0 Å². The number of carbonyl (C=O) groups excluding carboxylic acids is 2. The van der Waals surface area contributed by atoms with Gasteiger partial charge in [-0.1, -0.05) is 22.0 Å². The van der Waals surface area contributed by atoms with Gasteiger partial charge in [0, 0.05) is 36.0 Å². The van der Waals surface area contributed by atoms with Crippen LogP contribution in [-0.2, 0) is 14.3 Å². The highest BCUT2D eigenvalue weighted by Crippen LogP contribution is 2.37. The number of benzene rings is 2. The molecular formula is C18H14BrN3O6. The second kappa shape index (κ2) is 7.77. The largest absolute Gasteiger partial charge is 0.446 e. The van der Waals surface area contributed by atoms with Gasteiger partial charge in [-0.15, -0.1) is 5.10 Å². The van der Waals surface area contributed by atoms with E-state index < -0.39 is 23.0 Å². The molecule has 0 N–H and O–H groups in total. The van der Waals surface area contributed by atoms with E-state index in [4.69, 9.17) is 9.47 Å². The highest BCUT2D eigenvalue weighted by Gasteiger charge is 2.36. The van der Waals surface area contributed by atoms with Gasteiger partial charge < -0.3 is 9.47 Å². The number of ether oxygens (including phenoxy) is 2. The molecule has 0 saturated carbocycles. The highest BCUT2D eigenvalue weighted by molar-refractivity contribution is 9.10. The van der Waals surface area contributed by atoms with Crippen molar-refractivity contribution in [3.63, 3.8) is 0 Å². The van der Waals surface area contributed by atoms with Crippen LogP contribution in [0.5, 0.6) is 5.75 Å². The maximum atomic E-state index is 12.1. The van der Waals surface area contributed by atoms with Gasteiger partial charge in [0.05, 0.1) is 10.5 Å². The molecule has 0 fully saturated rings. The Labute approximate surface area is 167 Å². The summed E-state index contributed by atoms with van der Waals surface area (Å²) < 4.78 is 11.8. The van der Waals surface area contributed by atoms with Gasteiger partial charge in [-0.2, -0.15) is 5.01 Å². The molecule has 1 aliphatic heterocycles. The summed E-state index contributed by atoms with van der Waals surface area (Å²) in [5, 5.41) is 16.4. The number of hydrazone groups is 1. The summed E-state index contributed by atoms with van der Waals surface area (Å²) in [5.41, 5.74) is 0.491. The first kappa shape index (κ1) is 19.5. The Morgan fingerprint density at radius 2 is 2.00 bits per heavy atom. The van der Waals surface area contributed by atoms with Gasteiger partial charge >= 0.3 is 5.97 Å². The molecule has 1 heterocycles. The van der Waals surface area contributed by atoms with E-state index in [1.807, 2.05) is 6.07 Å². The fourth-order valence-electron chi connectivity index (χ4n) is 2.60. The number of esters is 1. The monoisotopic (exact) mass is 447 g/mol. The maximum Gasteiger partial charge on any atom is 0.308 e. The van der Waals surface area contributed by atoms with Gasteiger partial charge in [-0.3, -0.25) is 19.7 Å². The van der Waals surface area contributed by atoms with Crippen molar-refractivity contribution in [2.24, 2.45) is 5.10 Å². The summed E-state index contributed by atoms with van der Waals surface area (Å²) >= 11 is 3.35. The van der Waals surface area contributed by atoms with E-state index in [-0.39, 0.29) is 22.9 Å². The average molecular weight is 448 g/mol. The van der Waals surface area contributed by atoms with Crippen LogP contribution in [0.1, 0.15) is 31.2 Å². The molecule has 9 nitrogen and oxygen atoms in total. The normalized spacial score (nSPS) is 15.6. The minimum Gasteiger partial charge on any atom is -0.446 e. The molecule has 28 heavy (non-hydrogen) atoms. The smallest absolute Gasteiger partial charge is 0.308 e. The van der Waals surface area contributed by atoms with Crippen molar-refractivity contribution >= 4 is 39.4 Å². The molecular weight excluding hydrogens is 434 g/mol. The summed E-state index contributed by atoms with van der Waals surface area (Å²) in [5.74, 6) is -0.868. The molecule has 3 rings (SSSR count). The second-order valence-electron chi connectivity index (χ2n) is 5.82. The van der Waals surface area contributed by atoms with Crippen molar-refractivity contribution in [1.82, 2.24) is 5.01 Å². The lowest BCUT2D eigenvalue weighted by molar-refractivity contribution is -0.385. The fourth-order valence-corrected chi connectivity index (χ4v) is 3.00. The molecule has 0 radical (unpaired) electrons. The third-order valence-corrected chi connectivity index (χ3v) is 4.26. The summed E-state index contributed by atoms with van der Waals surface area (Å²) in [6.07, 6.45) is -1.12. The number of carbonyl (C=O) groups is 2. The number of amides is 1. The standard InChI is InChI=1S/C18H14BrN3O6/c1-10(23)21-18(28-17(20-21)12-4-3-5-13(19)8-12)15-9-14(22(25)26)6-7-16(15)27-11(2)24/h3-9,18H,1-2H3/t18-/m1/s1. The Kier molecular flexibility index (Phi) is 5.41. The predicted octanol–water partition coefficient (Wildman–Crippen LogP) is 3.52. The van der Waals surface area contributed by atoms with Crippen molar-refractivity contribution in [1.29, 1.82) is 0 Å². The second-order valence-corrected chi connectivity index (χ2v) is 6.74. The number of nitro benzene ring substituents is 1. The first-order valence-electron chi connectivity index (χ1n) is 8.04. The lowest BCUT2D eigenvalue weighted by atomic mass is 10.1.